The molecule has 248 valence electrons. The molecule has 3 aromatic rings. The predicted octanol–water partition coefficient (Wildman–Crippen LogP) is 6.30. The van der Waals surface area contributed by atoms with Crippen LogP contribution in [0.2, 0.25) is 10.0 Å². The van der Waals surface area contributed by atoms with Crippen molar-refractivity contribution in [2.24, 2.45) is 5.10 Å². The second-order valence-corrected chi connectivity index (χ2v) is 11.6. The van der Waals surface area contributed by atoms with Gasteiger partial charge in [-0.1, -0.05) is 47.5 Å². The van der Waals surface area contributed by atoms with Crippen LogP contribution in [-0.4, -0.2) is 49.5 Å². The Hall–Kier alpha value is -4.32. The lowest BCUT2D eigenvalue weighted by Crippen LogP contribution is -2.45. The van der Waals surface area contributed by atoms with E-state index in [0.29, 0.717) is 49.1 Å². The van der Waals surface area contributed by atoms with Gasteiger partial charge in [0.2, 0.25) is 0 Å². The second-order valence-electron chi connectivity index (χ2n) is 10.3. The van der Waals surface area contributed by atoms with Gasteiger partial charge in [0.25, 0.3) is 5.91 Å². The molecule has 0 fully saturated rings. The van der Waals surface area contributed by atoms with Crippen molar-refractivity contribution in [3.8, 4) is 11.5 Å². The van der Waals surface area contributed by atoms with Crippen molar-refractivity contribution in [1.82, 2.24) is 16.1 Å². The smallest absolute Gasteiger partial charge is 0.338 e. The van der Waals surface area contributed by atoms with Crippen molar-refractivity contribution >= 4 is 64.3 Å². The van der Waals surface area contributed by atoms with Crippen LogP contribution in [0, 0.1) is 0 Å². The van der Waals surface area contributed by atoms with Crippen molar-refractivity contribution in [3.63, 3.8) is 0 Å². The molecule has 3 N–H and O–H groups in total. The van der Waals surface area contributed by atoms with E-state index in [1.54, 1.807) is 44.2 Å². The third-order valence-electron chi connectivity index (χ3n) is 7.27. The van der Waals surface area contributed by atoms with Gasteiger partial charge >= 0.3 is 5.97 Å². The van der Waals surface area contributed by atoms with Gasteiger partial charge < -0.3 is 29.7 Å². The Labute approximate surface area is 290 Å². The molecule has 0 bridgehead atoms. The first kappa shape index (κ1) is 35.5. The highest BCUT2D eigenvalue weighted by atomic mass is 35.5. The number of halogens is 2. The van der Waals surface area contributed by atoms with E-state index in [9.17, 15) is 9.59 Å². The van der Waals surface area contributed by atoms with Gasteiger partial charge in [0.1, 0.15) is 18.1 Å². The first-order valence-corrected chi connectivity index (χ1v) is 16.3. The first-order chi connectivity index (χ1) is 22.6. The average molecular weight is 699 g/mol. The average Bonchev–Trinajstić information content (AvgIpc) is 3.04. The monoisotopic (exact) mass is 697 g/mol. The van der Waals surface area contributed by atoms with E-state index in [-0.39, 0.29) is 19.8 Å². The number of nitrogens with zero attached hydrogens (tertiary/aromatic N) is 2. The second kappa shape index (κ2) is 17.0. The molecule has 3 aromatic carbocycles. The molecule has 0 saturated carbocycles. The third-order valence-corrected chi connectivity index (χ3v) is 8.08. The Kier molecular flexibility index (Phi) is 12.9. The van der Waals surface area contributed by atoms with Crippen LogP contribution < -0.4 is 30.4 Å². The van der Waals surface area contributed by atoms with Crippen molar-refractivity contribution in [2.75, 3.05) is 31.2 Å². The summed E-state index contributed by atoms with van der Waals surface area (Å²) in [6, 6.07) is 17.5. The molecule has 0 unspecified atom stereocenters. The number of nitrogens with one attached hydrogen (secondary N) is 3. The molecule has 10 nitrogen and oxygen atoms in total. The molecule has 1 aliphatic rings. The van der Waals surface area contributed by atoms with Gasteiger partial charge in [-0.25, -0.2) is 10.2 Å². The molecular formula is C34H37Cl2N5O5S. The van der Waals surface area contributed by atoms with Crippen molar-refractivity contribution in [3.05, 3.63) is 98.7 Å². The normalized spacial score (nSPS) is 14.3. The summed E-state index contributed by atoms with van der Waals surface area (Å²) in [6.45, 7) is 9.40. The zero-order valence-electron chi connectivity index (χ0n) is 26.6. The van der Waals surface area contributed by atoms with Gasteiger partial charge in [0.05, 0.1) is 24.4 Å². The van der Waals surface area contributed by atoms with E-state index >= 15 is 0 Å². The van der Waals surface area contributed by atoms with Crippen molar-refractivity contribution in [2.45, 2.75) is 40.3 Å². The number of rotatable bonds is 14. The fraction of sp³-hybridized carbons (Fsp3) is 0.294. The molecule has 0 spiro atoms. The van der Waals surface area contributed by atoms with Crippen molar-refractivity contribution in [1.29, 1.82) is 0 Å². The van der Waals surface area contributed by atoms with Crippen LogP contribution >= 0.6 is 35.4 Å². The number of allylic oxidation sites excluding steroid dienone is 1. The standard InChI is InChI=1S/C34H37Cl2N5O5S/c1-5-41(6-2)25-15-13-22(29(17-25)45-19-23-12-14-24(35)16-27(23)36)18-37-40-30(42)20-46-28-11-9-8-10-26(28)32-31(33(43)44-7-3)21(4)38-34(47)39-32/h8-18,32H,5-7,19-20H2,1-4H3,(H,40,42)(H2,38,39,47)/t32-/m0/s1. The molecule has 0 aromatic heterocycles. The molecule has 1 amide bonds. The molecule has 13 heteroatoms. The lowest BCUT2D eigenvalue weighted by molar-refractivity contribution is -0.139. The number of ether oxygens (including phenoxy) is 3. The summed E-state index contributed by atoms with van der Waals surface area (Å²) in [5, 5.41) is 11.6. The molecule has 0 saturated heterocycles. The first-order valence-electron chi connectivity index (χ1n) is 15.1. The van der Waals surface area contributed by atoms with Crippen molar-refractivity contribution < 1.29 is 23.8 Å². The van der Waals surface area contributed by atoms with Crippen LogP contribution in [0.1, 0.15) is 50.4 Å². The third kappa shape index (κ3) is 9.37. The quantitative estimate of drug-likeness (QED) is 0.0773. The van der Waals surface area contributed by atoms with Crippen LogP contribution in [0.15, 0.2) is 77.0 Å². The summed E-state index contributed by atoms with van der Waals surface area (Å²) < 4.78 is 17.3. The maximum atomic E-state index is 12.8. The lowest BCUT2D eigenvalue weighted by atomic mass is 9.95. The maximum Gasteiger partial charge on any atom is 0.338 e. The molecule has 1 heterocycles. The van der Waals surface area contributed by atoms with Crippen LogP contribution in [-0.2, 0) is 20.9 Å². The number of anilines is 1. The van der Waals surface area contributed by atoms with Gasteiger partial charge in [-0.15, -0.1) is 0 Å². The zero-order valence-corrected chi connectivity index (χ0v) is 28.9. The Morgan fingerprint density at radius 3 is 2.51 bits per heavy atom. The fourth-order valence-corrected chi connectivity index (χ4v) is 5.67. The van der Waals surface area contributed by atoms with Crippen LogP contribution in [0.5, 0.6) is 11.5 Å². The van der Waals surface area contributed by atoms with E-state index in [0.717, 1.165) is 24.3 Å². The molecule has 1 aliphatic heterocycles. The summed E-state index contributed by atoms with van der Waals surface area (Å²) in [5.74, 6) is -0.00909. The summed E-state index contributed by atoms with van der Waals surface area (Å²) in [6.07, 6.45) is 1.51. The number of thiocarbonyl (C=S) groups is 1. The largest absolute Gasteiger partial charge is 0.488 e. The molecule has 47 heavy (non-hydrogen) atoms. The van der Waals surface area contributed by atoms with E-state index in [1.807, 2.05) is 30.3 Å². The van der Waals surface area contributed by atoms with E-state index in [2.05, 4.69) is 39.9 Å². The number of hydrazone groups is 1. The number of esters is 1. The minimum Gasteiger partial charge on any atom is -0.488 e. The van der Waals surface area contributed by atoms with Crippen LogP contribution in [0.3, 0.4) is 0 Å². The summed E-state index contributed by atoms with van der Waals surface area (Å²) in [5.41, 5.74) is 6.48. The van der Waals surface area contributed by atoms with Gasteiger partial charge in [0.15, 0.2) is 11.7 Å². The van der Waals surface area contributed by atoms with Gasteiger partial charge in [-0.05, 0) is 70.2 Å². The number of amides is 1. The number of hydrogen-bond donors (Lipinski definition) is 3. The minimum absolute atomic E-state index is 0.210. The summed E-state index contributed by atoms with van der Waals surface area (Å²) >= 11 is 17.8. The van der Waals surface area contributed by atoms with E-state index in [4.69, 9.17) is 49.6 Å². The Morgan fingerprint density at radius 1 is 1.02 bits per heavy atom. The van der Waals surface area contributed by atoms with Crippen LogP contribution in [0.25, 0.3) is 0 Å². The fourth-order valence-electron chi connectivity index (χ4n) is 4.94. The summed E-state index contributed by atoms with van der Waals surface area (Å²) in [7, 11) is 0. The molecule has 0 aliphatic carbocycles. The number of para-hydroxylation sites is 1. The molecular weight excluding hydrogens is 661 g/mol. The summed E-state index contributed by atoms with van der Waals surface area (Å²) in [4.78, 5) is 27.8. The maximum absolute atomic E-state index is 12.8. The Balaban J connectivity index is 1.46. The highest BCUT2D eigenvalue weighted by Crippen LogP contribution is 2.34. The number of benzene rings is 3. The lowest BCUT2D eigenvalue weighted by Gasteiger charge is -2.30. The molecule has 1 atom stereocenters. The van der Waals surface area contributed by atoms with Gasteiger partial charge in [-0.2, -0.15) is 5.10 Å². The Morgan fingerprint density at radius 2 is 1.79 bits per heavy atom. The van der Waals surface area contributed by atoms with Gasteiger partial charge in [-0.3, -0.25) is 4.79 Å². The SMILES string of the molecule is CCOC(=O)C1=C(C)NC(=S)N[C@H]1c1ccccc1OCC(=O)NN=Cc1ccc(N(CC)CC)cc1OCc1ccc(Cl)cc1Cl. The van der Waals surface area contributed by atoms with E-state index < -0.39 is 17.9 Å². The molecule has 0 radical (unpaired) electrons. The minimum atomic E-state index is -0.638. The predicted molar refractivity (Wildman–Crippen MR) is 189 cm³/mol. The van der Waals surface area contributed by atoms with Gasteiger partial charge in [0, 0.05) is 57.3 Å². The van der Waals surface area contributed by atoms with E-state index in [1.165, 1.54) is 6.21 Å². The topological polar surface area (TPSA) is 114 Å². The highest BCUT2D eigenvalue weighted by molar-refractivity contribution is 7.80. The highest BCUT2D eigenvalue weighted by Gasteiger charge is 2.32. The van der Waals surface area contributed by atoms with Crippen LogP contribution in [0.4, 0.5) is 5.69 Å². The Bertz CT molecular complexity index is 1680. The number of carbonyl (C=O) groups is 2. The zero-order chi connectivity index (χ0) is 33.9. The molecule has 4 rings (SSSR count). The number of carbonyl (C=O) groups excluding carboxylic acids is 2. The number of hydrogen-bond acceptors (Lipinski definition) is 8.